The molecule has 0 amide bonds. The Morgan fingerprint density at radius 2 is 2.40 bits per heavy atom. The molecule has 0 spiro atoms. The molecule has 15 heavy (non-hydrogen) atoms. The van der Waals surface area contributed by atoms with E-state index in [-0.39, 0.29) is 5.41 Å². The van der Waals surface area contributed by atoms with Crippen LogP contribution in [0.3, 0.4) is 0 Å². The Hall–Kier alpha value is -0.900. The molecule has 4 heteroatoms. The van der Waals surface area contributed by atoms with Crippen LogP contribution in [0.4, 0.5) is 0 Å². The molecular formula is C11H14O3S. The van der Waals surface area contributed by atoms with Gasteiger partial charge in [-0.1, -0.05) is 0 Å². The van der Waals surface area contributed by atoms with E-state index in [2.05, 4.69) is 0 Å². The molecule has 1 aliphatic carbocycles. The van der Waals surface area contributed by atoms with Gasteiger partial charge in [-0.15, -0.1) is 0 Å². The number of thioether (sulfide) groups is 1. The largest absolute Gasteiger partial charge is 0.481 e. The molecule has 1 aromatic heterocycles. The number of carboxylic acid groups (broad SMARTS) is 1. The number of rotatable bonds is 6. The second-order valence-corrected chi connectivity index (χ2v) is 5.13. The second-order valence-electron chi connectivity index (χ2n) is 4.14. The minimum absolute atomic E-state index is 0.0864. The van der Waals surface area contributed by atoms with E-state index in [1.165, 1.54) is 0 Å². The van der Waals surface area contributed by atoms with Crippen molar-refractivity contribution >= 4 is 17.7 Å². The Morgan fingerprint density at radius 1 is 1.60 bits per heavy atom. The third-order valence-corrected chi connectivity index (χ3v) is 4.02. The lowest BCUT2D eigenvalue weighted by molar-refractivity contribution is -0.138. The Bertz CT molecular complexity index is 328. The summed E-state index contributed by atoms with van der Waals surface area (Å²) >= 11 is 1.77. The highest BCUT2D eigenvalue weighted by Gasteiger charge is 2.44. The first-order valence-corrected chi connectivity index (χ1v) is 6.18. The molecule has 0 aromatic carbocycles. The molecule has 0 bridgehead atoms. The molecule has 0 aliphatic heterocycles. The first kappa shape index (κ1) is 10.6. The Morgan fingerprint density at radius 3 is 2.93 bits per heavy atom. The minimum atomic E-state index is -0.675. The van der Waals surface area contributed by atoms with E-state index in [0.29, 0.717) is 6.42 Å². The molecule has 1 aromatic rings. The monoisotopic (exact) mass is 226 g/mol. The quantitative estimate of drug-likeness (QED) is 0.810. The third kappa shape index (κ3) is 3.02. The van der Waals surface area contributed by atoms with Gasteiger partial charge in [-0.2, -0.15) is 11.8 Å². The Kier molecular flexibility index (Phi) is 3.05. The van der Waals surface area contributed by atoms with E-state index < -0.39 is 5.97 Å². The summed E-state index contributed by atoms with van der Waals surface area (Å²) in [5, 5.41) is 8.74. The van der Waals surface area contributed by atoms with Crippen molar-refractivity contribution in [1.82, 2.24) is 0 Å². The maximum atomic E-state index is 10.6. The standard InChI is InChI=1S/C11H14O3S/c12-10(13)6-11(3-4-11)8-15-7-9-2-1-5-14-9/h1-2,5H,3-4,6-8H2,(H,12,13). The van der Waals surface area contributed by atoms with Crippen LogP contribution in [0.15, 0.2) is 22.8 Å². The molecule has 2 rings (SSSR count). The van der Waals surface area contributed by atoms with Crippen LogP contribution >= 0.6 is 11.8 Å². The van der Waals surface area contributed by atoms with Crippen molar-refractivity contribution in [2.45, 2.75) is 25.0 Å². The molecule has 1 N–H and O–H groups in total. The summed E-state index contributed by atoms with van der Waals surface area (Å²) in [6, 6.07) is 3.82. The van der Waals surface area contributed by atoms with Crippen molar-refractivity contribution in [3.05, 3.63) is 24.2 Å². The third-order valence-electron chi connectivity index (χ3n) is 2.72. The van der Waals surface area contributed by atoms with Crippen LogP contribution < -0.4 is 0 Å². The molecule has 1 heterocycles. The van der Waals surface area contributed by atoms with Crippen LogP contribution in [0, 0.1) is 5.41 Å². The molecule has 0 unspecified atom stereocenters. The highest BCUT2D eigenvalue weighted by atomic mass is 32.2. The molecule has 0 saturated heterocycles. The van der Waals surface area contributed by atoms with Crippen LogP contribution in [0.1, 0.15) is 25.0 Å². The summed E-state index contributed by atoms with van der Waals surface area (Å²) < 4.78 is 5.21. The van der Waals surface area contributed by atoms with E-state index in [4.69, 9.17) is 9.52 Å². The molecule has 82 valence electrons. The first-order chi connectivity index (χ1) is 7.20. The zero-order valence-electron chi connectivity index (χ0n) is 8.44. The molecule has 3 nitrogen and oxygen atoms in total. The normalized spacial score (nSPS) is 17.6. The lowest BCUT2D eigenvalue weighted by Gasteiger charge is -2.10. The van der Waals surface area contributed by atoms with Crippen molar-refractivity contribution in [3.8, 4) is 0 Å². The predicted octanol–water partition coefficient (Wildman–Crippen LogP) is 2.77. The molecule has 1 saturated carbocycles. The minimum Gasteiger partial charge on any atom is -0.481 e. The van der Waals surface area contributed by atoms with Gasteiger partial charge >= 0.3 is 5.97 Å². The molecule has 0 radical (unpaired) electrons. The van der Waals surface area contributed by atoms with Gasteiger partial charge in [-0.05, 0) is 36.1 Å². The fourth-order valence-corrected chi connectivity index (χ4v) is 2.92. The summed E-state index contributed by atoms with van der Waals surface area (Å²) in [5.74, 6) is 2.06. The summed E-state index contributed by atoms with van der Waals surface area (Å²) in [6.07, 6.45) is 4.10. The molecular weight excluding hydrogens is 212 g/mol. The van der Waals surface area contributed by atoms with Crippen LogP contribution in [0.5, 0.6) is 0 Å². The number of carboxylic acids is 1. The topological polar surface area (TPSA) is 50.4 Å². The van der Waals surface area contributed by atoms with Gasteiger partial charge in [-0.25, -0.2) is 0 Å². The second kappa shape index (κ2) is 4.31. The highest BCUT2D eigenvalue weighted by molar-refractivity contribution is 7.98. The zero-order valence-corrected chi connectivity index (χ0v) is 9.26. The average molecular weight is 226 g/mol. The van der Waals surface area contributed by atoms with E-state index in [0.717, 1.165) is 30.1 Å². The fourth-order valence-electron chi connectivity index (χ4n) is 1.63. The van der Waals surface area contributed by atoms with Gasteiger partial charge in [0.25, 0.3) is 0 Å². The van der Waals surface area contributed by atoms with Gasteiger partial charge in [0.05, 0.1) is 18.4 Å². The first-order valence-electron chi connectivity index (χ1n) is 5.02. The van der Waals surface area contributed by atoms with Gasteiger partial charge in [0.15, 0.2) is 0 Å². The van der Waals surface area contributed by atoms with Crippen LogP contribution in [0.25, 0.3) is 0 Å². The van der Waals surface area contributed by atoms with Crippen LogP contribution in [0.2, 0.25) is 0 Å². The Labute approximate surface area is 92.9 Å². The molecule has 1 fully saturated rings. The van der Waals surface area contributed by atoms with Crippen LogP contribution in [-0.4, -0.2) is 16.8 Å². The van der Waals surface area contributed by atoms with Crippen molar-refractivity contribution in [1.29, 1.82) is 0 Å². The van der Waals surface area contributed by atoms with E-state index in [1.54, 1.807) is 18.0 Å². The van der Waals surface area contributed by atoms with Gasteiger partial charge in [-0.3, -0.25) is 4.79 Å². The van der Waals surface area contributed by atoms with Gasteiger partial charge < -0.3 is 9.52 Å². The molecule has 1 aliphatic rings. The predicted molar refractivity (Wildman–Crippen MR) is 58.8 cm³/mol. The maximum absolute atomic E-state index is 10.6. The van der Waals surface area contributed by atoms with Crippen molar-refractivity contribution in [3.63, 3.8) is 0 Å². The van der Waals surface area contributed by atoms with Gasteiger partial charge in [0, 0.05) is 0 Å². The number of hydrogen-bond donors (Lipinski definition) is 1. The smallest absolute Gasteiger partial charge is 0.303 e. The summed E-state index contributed by atoms with van der Waals surface area (Å²) in [5.41, 5.74) is 0.0864. The van der Waals surface area contributed by atoms with Crippen molar-refractivity contribution < 1.29 is 14.3 Å². The van der Waals surface area contributed by atoms with E-state index >= 15 is 0 Å². The lowest BCUT2D eigenvalue weighted by Crippen LogP contribution is -2.11. The van der Waals surface area contributed by atoms with E-state index in [1.807, 2.05) is 12.1 Å². The fraction of sp³-hybridized carbons (Fsp3) is 0.545. The zero-order chi connectivity index (χ0) is 10.7. The van der Waals surface area contributed by atoms with Gasteiger partial charge in [0.2, 0.25) is 0 Å². The summed E-state index contributed by atoms with van der Waals surface area (Å²) in [4.78, 5) is 10.6. The SMILES string of the molecule is O=C(O)CC1(CSCc2ccco2)CC1. The Balaban J connectivity index is 1.72. The number of carbonyl (C=O) groups is 1. The number of hydrogen-bond acceptors (Lipinski definition) is 3. The number of aliphatic carboxylic acids is 1. The van der Waals surface area contributed by atoms with Gasteiger partial charge in [0.1, 0.15) is 5.76 Å². The van der Waals surface area contributed by atoms with E-state index in [9.17, 15) is 4.79 Å². The highest BCUT2D eigenvalue weighted by Crippen LogP contribution is 2.51. The lowest BCUT2D eigenvalue weighted by atomic mass is 10.1. The maximum Gasteiger partial charge on any atom is 0.303 e. The van der Waals surface area contributed by atoms with Crippen LogP contribution in [-0.2, 0) is 10.5 Å². The average Bonchev–Trinajstić information content (AvgIpc) is 2.74. The summed E-state index contributed by atoms with van der Waals surface area (Å²) in [6.45, 7) is 0. The molecule has 0 atom stereocenters. The van der Waals surface area contributed by atoms with Crippen molar-refractivity contribution in [2.75, 3.05) is 5.75 Å². The van der Waals surface area contributed by atoms with Crippen molar-refractivity contribution in [2.24, 2.45) is 5.41 Å². The summed E-state index contributed by atoms with van der Waals surface area (Å²) in [7, 11) is 0. The number of furan rings is 1.